The second-order valence-corrected chi connectivity index (χ2v) is 6.81. The van der Waals surface area contributed by atoms with E-state index in [1.54, 1.807) is 0 Å². The van der Waals surface area contributed by atoms with Crippen LogP contribution < -0.4 is 10.6 Å². The monoisotopic (exact) mass is 333 g/mol. The number of hydrogen-bond donors (Lipinski definition) is 3. The first-order valence-electron chi connectivity index (χ1n) is 8.94. The maximum atomic E-state index is 12.2. The van der Waals surface area contributed by atoms with Crippen LogP contribution in [-0.4, -0.2) is 23.0 Å². The highest BCUT2D eigenvalue weighted by Crippen LogP contribution is 2.21. The van der Waals surface area contributed by atoms with Gasteiger partial charge in [-0.1, -0.05) is 36.4 Å². The molecule has 25 heavy (non-hydrogen) atoms. The van der Waals surface area contributed by atoms with Gasteiger partial charge in [0, 0.05) is 35.4 Å². The summed E-state index contributed by atoms with van der Waals surface area (Å²) in [5.41, 5.74) is 3.12. The van der Waals surface area contributed by atoms with Gasteiger partial charge in [-0.05, 0) is 48.9 Å². The highest BCUT2D eigenvalue weighted by molar-refractivity contribution is 5.94. The van der Waals surface area contributed by atoms with Gasteiger partial charge in [0.1, 0.15) is 0 Å². The van der Waals surface area contributed by atoms with Crippen LogP contribution >= 0.6 is 0 Å². The number of benzene rings is 2. The number of carbonyl (C=O) groups is 1. The molecule has 4 heteroatoms. The van der Waals surface area contributed by atoms with Gasteiger partial charge in [-0.25, -0.2) is 0 Å². The van der Waals surface area contributed by atoms with Crippen LogP contribution in [0.1, 0.15) is 35.3 Å². The predicted octanol–water partition coefficient (Wildman–Crippen LogP) is 3.61. The lowest BCUT2D eigenvalue weighted by atomic mass is 10.2. The van der Waals surface area contributed by atoms with Crippen molar-refractivity contribution in [3.63, 3.8) is 0 Å². The molecule has 2 aromatic carbocycles. The van der Waals surface area contributed by atoms with Crippen LogP contribution in [0.15, 0.2) is 60.7 Å². The molecule has 3 N–H and O–H groups in total. The number of H-pyrrole nitrogens is 1. The van der Waals surface area contributed by atoms with E-state index < -0.39 is 0 Å². The fourth-order valence-corrected chi connectivity index (χ4v) is 3.64. The Balaban J connectivity index is 1.28. The third-order valence-electron chi connectivity index (χ3n) is 4.97. The van der Waals surface area contributed by atoms with Gasteiger partial charge >= 0.3 is 0 Å². The number of nitrogens with one attached hydrogen (secondary N) is 3. The third kappa shape index (κ3) is 3.74. The first-order chi connectivity index (χ1) is 12.3. The minimum atomic E-state index is 0.0295. The lowest BCUT2D eigenvalue weighted by Gasteiger charge is -2.14. The van der Waals surface area contributed by atoms with Crippen LogP contribution in [0.25, 0.3) is 10.9 Å². The summed E-state index contributed by atoms with van der Waals surface area (Å²) in [6.45, 7) is 0.832. The standard InChI is InChI=1S/C21H23N3O/c25-21(15-6-2-1-3-7-15)24-18-11-10-17(13-18)22-14-19-12-16-8-4-5-9-20(16)23-19/h1-9,12,17-18,22-23H,10-11,13-14H2,(H,24,25)/t17-,18-/m0/s1. The summed E-state index contributed by atoms with van der Waals surface area (Å²) in [4.78, 5) is 15.7. The van der Waals surface area contributed by atoms with E-state index in [1.807, 2.05) is 36.4 Å². The SMILES string of the molecule is O=C(N[C@H]1CC[C@H](NCc2cc3ccccc3[nH]2)C1)c1ccccc1. The molecule has 128 valence electrons. The van der Waals surface area contributed by atoms with Gasteiger partial charge in [0.25, 0.3) is 5.91 Å². The Morgan fingerprint density at radius 3 is 2.60 bits per heavy atom. The van der Waals surface area contributed by atoms with E-state index in [0.29, 0.717) is 6.04 Å². The van der Waals surface area contributed by atoms with Crippen molar-refractivity contribution in [1.82, 2.24) is 15.6 Å². The molecule has 0 unspecified atom stereocenters. The molecule has 0 bridgehead atoms. The van der Waals surface area contributed by atoms with Gasteiger partial charge in [0.2, 0.25) is 0 Å². The third-order valence-corrected chi connectivity index (χ3v) is 4.97. The summed E-state index contributed by atoms with van der Waals surface area (Å²) in [6.07, 6.45) is 3.11. The lowest BCUT2D eigenvalue weighted by Crippen LogP contribution is -2.35. The second kappa shape index (κ2) is 7.11. The second-order valence-electron chi connectivity index (χ2n) is 6.81. The van der Waals surface area contributed by atoms with E-state index >= 15 is 0 Å². The summed E-state index contributed by atoms with van der Waals surface area (Å²) in [6, 6.07) is 20.7. The fraction of sp³-hybridized carbons (Fsp3) is 0.286. The van der Waals surface area contributed by atoms with Gasteiger partial charge in [0.15, 0.2) is 0 Å². The zero-order chi connectivity index (χ0) is 17.1. The van der Waals surface area contributed by atoms with E-state index in [2.05, 4.69) is 39.9 Å². The van der Waals surface area contributed by atoms with Crippen LogP contribution in [0.4, 0.5) is 0 Å². The Morgan fingerprint density at radius 2 is 1.76 bits per heavy atom. The number of hydrogen-bond acceptors (Lipinski definition) is 2. The van der Waals surface area contributed by atoms with E-state index in [9.17, 15) is 4.79 Å². The highest BCUT2D eigenvalue weighted by atomic mass is 16.1. The molecule has 3 aromatic rings. The molecule has 0 spiro atoms. The molecule has 1 aliphatic carbocycles. The topological polar surface area (TPSA) is 56.9 Å². The van der Waals surface area contributed by atoms with E-state index in [0.717, 1.165) is 31.4 Å². The summed E-state index contributed by atoms with van der Waals surface area (Å²) in [5, 5.41) is 8.03. The summed E-state index contributed by atoms with van der Waals surface area (Å²) < 4.78 is 0. The molecule has 1 aromatic heterocycles. The number of carbonyl (C=O) groups excluding carboxylic acids is 1. The van der Waals surface area contributed by atoms with Crippen molar-refractivity contribution in [2.75, 3.05) is 0 Å². The summed E-state index contributed by atoms with van der Waals surface area (Å²) in [5.74, 6) is 0.0295. The number of rotatable bonds is 5. The molecule has 4 rings (SSSR count). The maximum absolute atomic E-state index is 12.2. The molecular formula is C21H23N3O. The Morgan fingerprint density at radius 1 is 1.00 bits per heavy atom. The molecule has 1 amide bonds. The van der Waals surface area contributed by atoms with Crippen LogP contribution in [0.5, 0.6) is 0 Å². The van der Waals surface area contributed by atoms with Crippen molar-refractivity contribution in [3.8, 4) is 0 Å². The van der Waals surface area contributed by atoms with E-state index in [4.69, 9.17) is 0 Å². The fourth-order valence-electron chi connectivity index (χ4n) is 3.64. The number of aromatic amines is 1. The van der Waals surface area contributed by atoms with Crippen molar-refractivity contribution >= 4 is 16.8 Å². The van der Waals surface area contributed by atoms with Crippen molar-refractivity contribution < 1.29 is 4.79 Å². The van der Waals surface area contributed by atoms with Crippen LogP contribution in [0.2, 0.25) is 0 Å². The van der Waals surface area contributed by atoms with Crippen molar-refractivity contribution in [2.24, 2.45) is 0 Å². The van der Waals surface area contributed by atoms with Crippen LogP contribution in [0, 0.1) is 0 Å². The van der Waals surface area contributed by atoms with Crippen LogP contribution in [0.3, 0.4) is 0 Å². The van der Waals surface area contributed by atoms with Crippen molar-refractivity contribution in [2.45, 2.75) is 37.9 Å². The molecule has 4 nitrogen and oxygen atoms in total. The smallest absolute Gasteiger partial charge is 0.251 e. The Hall–Kier alpha value is -2.59. The predicted molar refractivity (Wildman–Crippen MR) is 100 cm³/mol. The molecule has 0 aliphatic heterocycles. The molecular weight excluding hydrogens is 310 g/mol. The molecule has 1 aliphatic rings. The molecule has 2 atom stereocenters. The normalized spacial score (nSPS) is 20.0. The first kappa shape index (κ1) is 15.9. The number of para-hydroxylation sites is 1. The van der Waals surface area contributed by atoms with E-state index in [1.165, 1.54) is 16.6 Å². The number of amides is 1. The lowest BCUT2D eigenvalue weighted by molar-refractivity contribution is 0.0937. The van der Waals surface area contributed by atoms with Crippen molar-refractivity contribution in [3.05, 3.63) is 71.9 Å². The average Bonchev–Trinajstić information content (AvgIpc) is 3.26. The summed E-state index contributed by atoms with van der Waals surface area (Å²) >= 11 is 0. The quantitative estimate of drug-likeness (QED) is 0.668. The van der Waals surface area contributed by atoms with Gasteiger partial charge in [-0.2, -0.15) is 0 Å². The van der Waals surface area contributed by atoms with Gasteiger partial charge in [0.05, 0.1) is 0 Å². The zero-order valence-corrected chi connectivity index (χ0v) is 14.2. The number of fused-ring (bicyclic) bond motifs is 1. The molecule has 1 heterocycles. The Bertz CT molecular complexity index is 823. The average molecular weight is 333 g/mol. The minimum Gasteiger partial charge on any atom is -0.357 e. The minimum absolute atomic E-state index is 0.0295. The van der Waals surface area contributed by atoms with Gasteiger partial charge in [-0.3, -0.25) is 4.79 Å². The first-order valence-corrected chi connectivity index (χ1v) is 8.94. The number of aromatic nitrogens is 1. The zero-order valence-electron chi connectivity index (χ0n) is 14.2. The van der Waals surface area contributed by atoms with Crippen molar-refractivity contribution in [1.29, 1.82) is 0 Å². The maximum Gasteiger partial charge on any atom is 0.251 e. The molecule has 1 fully saturated rings. The summed E-state index contributed by atoms with van der Waals surface area (Å²) in [7, 11) is 0. The van der Waals surface area contributed by atoms with Gasteiger partial charge < -0.3 is 15.6 Å². The Labute approximate surface area is 147 Å². The van der Waals surface area contributed by atoms with Crippen LogP contribution in [-0.2, 0) is 6.54 Å². The molecule has 1 saturated carbocycles. The molecule has 0 radical (unpaired) electrons. The Kier molecular flexibility index (Phi) is 4.53. The van der Waals surface area contributed by atoms with Gasteiger partial charge in [-0.15, -0.1) is 0 Å². The highest BCUT2D eigenvalue weighted by Gasteiger charge is 2.25. The molecule has 0 saturated heterocycles. The van der Waals surface area contributed by atoms with E-state index in [-0.39, 0.29) is 11.9 Å². The largest absolute Gasteiger partial charge is 0.357 e.